The summed E-state index contributed by atoms with van der Waals surface area (Å²) >= 11 is 0. The fraction of sp³-hybridized carbons (Fsp3) is 0.412. The van der Waals surface area contributed by atoms with Crippen molar-refractivity contribution < 1.29 is 29.0 Å². The van der Waals surface area contributed by atoms with Crippen molar-refractivity contribution in [1.82, 2.24) is 5.16 Å². The molecule has 1 aromatic carbocycles. The Hall–Kier alpha value is -2.58. The van der Waals surface area contributed by atoms with Crippen LogP contribution < -0.4 is 9.64 Å². The molecule has 1 saturated heterocycles. The molecule has 2 N–H and O–H groups in total. The maximum atomic E-state index is 11.8. The molecule has 134 valence electrons. The van der Waals surface area contributed by atoms with E-state index in [1.54, 1.807) is 36.3 Å². The summed E-state index contributed by atoms with van der Waals surface area (Å²) in [5.74, 6) is -0.0355. The van der Waals surface area contributed by atoms with Gasteiger partial charge in [-0.15, -0.1) is 0 Å². The van der Waals surface area contributed by atoms with Crippen LogP contribution in [-0.4, -0.2) is 60.4 Å². The summed E-state index contributed by atoms with van der Waals surface area (Å²) in [6, 6.07) is 6.88. The molecule has 25 heavy (non-hydrogen) atoms. The van der Waals surface area contributed by atoms with E-state index in [9.17, 15) is 15.0 Å². The number of aliphatic hydroxyl groups is 1. The molecular formula is C17H20N2O6. The van der Waals surface area contributed by atoms with Gasteiger partial charge in [0.1, 0.15) is 5.75 Å². The minimum absolute atomic E-state index is 0.00374. The summed E-state index contributed by atoms with van der Waals surface area (Å²) in [5, 5.41) is 23.0. The summed E-state index contributed by atoms with van der Waals surface area (Å²) in [5.41, 5.74) is 0.591. The summed E-state index contributed by atoms with van der Waals surface area (Å²) in [7, 11) is 1.56. The van der Waals surface area contributed by atoms with Gasteiger partial charge in [-0.2, -0.15) is 0 Å². The smallest absolute Gasteiger partial charge is 0.343 e. The quantitative estimate of drug-likeness (QED) is 0.840. The number of aromatic nitrogens is 1. The lowest BCUT2D eigenvalue weighted by Gasteiger charge is -2.36. The van der Waals surface area contributed by atoms with E-state index < -0.39 is 12.1 Å². The van der Waals surface area contributed by atoms with Crippen LogP contribution in [0, 0.1) is 0 Å². The Morgan fingerprint density at radius 1 is 1.36 bits per heavy atom. The van der Waals surface area contributed by atoms with Gasteiger partial charge >= 0.3 is 5.97 Å². The lowest BCUT2D eigenvalue weighted by molar-refractivity contribution is -0.0424. The number of hydrogen-bond acceptors (Lipinski definition) is 7. The van der Waals surface area contributed by atoms with Gasteiger partial charge in [0.2, 0.25) is 0 Å². The van der Waals surface area contributed by atoms with E-state index >= 15 is 0 Å². The molecule has 0 amide bonds. The van der Waals surface area contributed by atoms with Gasteiger partial charge in [0.05, 0.1) is 25.9 Å². The zero-order valence-corrected chi connectivity index (χ0v) is 14.0. The predicted octanol–water partition coefficient (Wildman–Crippen LogP) is 1.63. The predicted molar refractivity (Wildman–Crippen MR) is 89.1 cm³/mol. The highest BCUT2D eigenvalue weighted by molar-refractivity contribution is 5.99. The molecule has 1 aliphatic heterocycles. The van der Waals surface area contributed by atoms with E-state index in [4.69, 9.17) is 14.0 Å². The second kappa shape index (κ2) is 7.12. The number of nitrogens with zero attached hydrogens (tertiary/aromatic N) is 2. The van der Waals surface area contributed by atoms with Gasteiger partial charge in [-0.1, -0.05) is 5.16 Å². The van der Waals surface area contributed by atoms with E-state index in [0.717, 1.165) is 0 Å². The average molecular weight is 348 g/mol. The third-order valence-electron chi connectivity index (χ3n) is 4.07. The van der Waals surface area contributed by atoms with Crippen LogP contribution in [0.25, 0.3) is 11.3 Å². The molecule has 0 aliphatic carbocycles. The molecule has 0 spiro atoms. The number of carbonyl (C=O) groups is 1. The van der Waals surface area contributed by atoms with Crippen molar-refractivity contribution in [1.29, 1.82) is 0 Å². The number of aromatic carboxylic acids is 1. The monoisotopic (exact) mass is 348 g/mol. The number of benzene rings is 1. The largest absolute Gasteiger partial charge is 0.497 e. The minimum atomic E-state index is -1.12. The summed E-state index contributed by atoms with van der Waals surface area (Å²) < 4.78 is 16.1. The van der Waals surface area contributed by atoms with E-state index in [-0.39, 0.29) is 29.9 Å². The van der Waals surface area contributed by atoms with Crippen LogP contribution in [0.15, 0.2) is 28.8 Å². The van der Waals surface area contributed by atoms with Crippen molar-refractivity contribution in [2.45, 2.75) is 19.1 Å². The molecule has 1 fully saturated rings. The number of methoxy groups -OCH3 is 1. The van der Waals surface area contributed by atoms with Crippen molar-refractivity contribution in [2.24, 2.45) is 0 Å². The summed E-state index contributed by atoms with van der Waals surface area (Å²) in [6.45, 7) is 2.52. The lowest BCUT2D eigenvalue weighted by atomic mass is 10.1. The van der Waals surface area contributed by atoms with Crippen LogP contribution in [0.2, 0.25) is 0 Å². The molecule has 8 heteroatoms. The Morgan fingerprint density at radius 2 is 2.08 bits per heavy atom. The topological polar surface area (TPSA) is 105 Å². The first-order valence-corrected chi connectivity index (χ1v) is 7.92. The number of carboxylic acid groups (broad SMARTS) is 1. The van der Waals surface area contributed by atoms with Crippen molar-refractivity contribution in [3.8, 4) is 17.1 Å². The van der Waals surface area contributed by atoms with Crippen molar-refractivity contribution >= 4 is 11.8 Å². The maximum absolute atomic E-state index is 11.8. The van der Waals surface area contributed by atoms with E-state index in [2.05, 4.69) is 5.16 Å². The molecule has 1 aliphatic rings. The lowest BCUT2D eigenvalue weighted by Crippen LogP contribution is -2.48. The normalized spacial score (nSPS) is 20.5. The van der Waals surface area contributed by atoms with Gasteiger partial charge in [0.25, 0.3) is 0 Å². The van der Waals surface area contributed by atoms with Crippen molar-refractivity contribution in [2.75, 3.05) is 31.7 Å². The standard InChI is InChI=1S/C17H20N2O6/c1-10-7-19(8-13(9-20)24-10)16-14(17(21)22)15(25-18-16)11-3-5-12(23-2)6-4-11/h3-6,10,13,20H,7-9H2,1-2H3,(H,21,22)/t10-,13-/m0/s1. The summed E-state index contributed by atoms with van der Waals surface area (Å²) in [6.07, 6.45) is -0.555. The molecule has 2 aromatic rings. The maximum Gasteiger partial charge on any atom is 0.343 e. The first-order valence-electron chi connectivity index (χ1n) is 7.92. The third kappa shape index (κ3) is 3.45. The Balaban J connectivity index is 1.98. The van der Waals surface area contributed by atoms with Crippen LogP contribution in [0.5, 0.6) is 5.75 Å². The van der Waals surface area contributed by atoms with Crippen LogP contribution >= 0.6 is 0 Å². The second-order valence-corrected chi connectivity index (χ2v) is 5.90. The number of rotatable bonds is 5. The molecule has 0 radical (unpaired) electrons. The Labute approximate surface area is 144 Å². The molecule has 0 bridgehead atoms. The van der Waals surface area contributed by atoms with Crippen LogP contribution in [-0.2, 0) is 4.74 Å². The average Bonchev–Trinajstić information content (AvgIpc) is 3.06. The van der Waals surface area contributed by atoms with Gasteiger partial charge in [0, 0.05) is 18.7 Å². The number of morpholine rings is 1. The van der Waals surface area contributed by atoms with Crippen molar-refractivity contribution in [3.05, 3.63) is 29.8 Å². The first-order chi connectivity index (χ1) is 12.0. The number of aliphatic hydroxyl groups excluding tert-OH is 1. The number of carboxylic acids is 1. The number of ether oxygens (including phenoxy) is 2. The Kier molecular flexibility index (Phi) is 4.91. The van der Waals surface area contributed by atoms with Gasteiger partial charge < -0.3 is 29.1 Å². The zero-order chi connectivity index (χ0) is 18.0. The van der Waals surface area contributed by atoms with Gasteiger partial charge in [-0.3, -0.25) is 0 Å². The number of anilines is 1. The molecular weight excluding hydrogens is 328 g/mol. The van der Waals surface area contributed by atoms with Crippen molar-refractivity contribution in [3.63, 3.8) is 0 Å². The van der Waals surface area contributed by atoms with Gasteiger partial charge in [-0.25, -0.2) is 4.79 Å². The molecule has 1 aromatic heterocycles. The molecule has 0 saturated carbocycles. The highest BCUT2D eigenvalue weighted by Gasteiger charge is 2.32. The van der Waals surface area contributed by atoms with Crippen LogP contribution in [0.1, 0.15) is 17.3 Å². The fourth-order valence-electron chi connectivity index (χ4n) is 2.95. The molecule has 2 atom stereocenters. The van der Waals surface area contributed by atoms with E-state index in [1.165, 1.54) is 0 Å². The molecule has 0 unspecified atom stereocenters. The molecule has 2 heterocycles. The first kappa shape index (κ1) is 17.2. The third-order valence-corrected chi connectivity index (χ3v) is 4.07. The minimum Gasteiger partial charge on any atom is -0.497 e. The SMILES string of the molecule is COc1ccc(-c2onc(N3C[C@@H](CO)O[C@@H](C)C3)c2C(=O)O)cc1. The molecule has 3 rings (SSSR count). The highest BCUT2D eigenvalue weighted by Crippen LogP contribution is 2.33. The number of hydrogen-bond donors (Lipinski definition) is 2. The Morgan fingerprint density at radius 3 is 2.68 bits per heavy atom. The van der Waals surface area contributed by atoms with E-state index in [0.29, 0.717) is 24.4 Å². The van der Waals surface area contributed by atoms with Gasteiger partial charge in [0.15, 0.2) is 17.1 Å². The fourth-order valence-corrected chi connectivity index (χ4v) is 2.95. The highest BCUT2D eigenvalue weighted by atomic mass is 16.5. The van der Waals surface area contributed by atoms with Crippen LogP contribution in [0.3, 0.4) is 0 Å². The summed E-state index contributed by atoms with van der Waals surface area (Å²) in [4.78, 5) is 13.6. The van der Waals surface area contributed by atoms with Crippen LogP contribution in [0.4, 0.5) is 5.82 Å². The van der Waals surface area contributed by atoms with Gasteiger partial charge in [-0.05, 0) is 31.2 Å². The Bertz CT molecular complexity index is 742. The van der Waals surface area contributed by atoms with E-state index in [1.807, 2.05) is 6.92 Å². The molecule has 8 nitrogen and oxygen atoms in total. The second-order valence-electron chi connectivity index (χ2n) is 5.90. The zero-order valence-electron chi connectivity index (χ0n) is 14.0.